The first-order valence-electron chi connectivity index (χ1n) is 6.45. The van der Waals surface area contributed by atoms with Crippen LogP contribution in [0.5, 0.6) is 0 Å². The van der Waals surface area contributed by atoms with Crippen molar-refractivity contribution in [1.82, 2.24) is 4.31 Å². The number of aryl methyl sites for hydroxylation is 1. The van der Waals surface area contributed by atoms with Gasteiger partial charge >= 0.3 is 5.97 Å². The molecule has 116 valence electrons. The Balaban J connectivity index is 3.28. The third-order valence-electron chi connectivity index (χ3n) is 2.95. The summed E-state index contributed by atoms with van der Waals surface area (Å²) < 4.78 is 26.3. The van der Waals surface area contributed by atoms with Crippen LogP contribution in [-0.4, -0.2) is 48.6 Å². The summed E-state index contributed by atoms with van der Waals surface area (Å²) in [6.07, 6.45) is 2.29. The van der Waals surface area contributed by atoms with Gasteiger partial charge in [0, 0.05) is 19.2 Å². The van der Waals surface area contributed by atoms with Crippen LogP contribution in [0.15, 0.2) is 29.2 Å². The summed E-state index contributed by atoms with van der Waals surface area (Å²) in [6.45, 7) is 3.37. The Labute approximate surface area is 124 Å². The first-order chi connectivity index (χ1) is 9.82. The number of nitrogens with zero attached hydrogens (tertiary/aromatic N) is 1. The molecule has 2 N–H and O–H groups in total. The van der Waals surface area contributed by atoms with E-state index in [0.717, 1.165) is 6.08 Å². The number of aliphatic carboxylic acids is 1. The van der Waals surface area contributed by atoms with E-state index in [4.69, 9.17) is 10.2 Å². The molecule has 1 aromatic rings. The lowest BCUT2D eigenvalue weighted by Crippen LogP contribution is -2.33. The molecule has 0 fully saturated rings. The fourth-order valence-electron chi connectivity index (χ4n) is 1.86. The smallest absolute Gasteiger partial charge is 0.328 e. The maximum absolute atomic E-state index is 12.5. The minimum Gasteiger partial charge on any atom is -0.478 e. The molecule has 0 atom stereocenters. The van der Waals surface area contributed by atoms with Crippen LogP contribution in [0.1, 0.15) is 18.1 Å². The van der Waals surface area contributed by atoms with Gasteiger partial charge in [0.15, 0.2) is 0 Å². The summed E-state index contributed by atoms with van der Waals surface area (Å²) >= 11 is 0. The van der Waals surface area contributed by atoms with Crippen LogP contribution < -0.4 is 0 Å². The molecule has 0 aliphatic carbocycles. The number of sulfonamides is 1. The number of carboxylic acids is 1. The molecule has 0 saturated carbocycles. The number of benzene rings is 1. The Kier molecular flexibility index (Phi) is 6.07. The quantitative estimate of drug-likeness (QED) is 0.735. The van der Waals surface area contributed by atoms with Crippen LogP contribution in [0.3, 0.4) is 0 Å². The highest BCUT2D eigenvalue weighted by atomic mass is 32.2. The maximum atomic E-state index is 12.5. The number of likely N-dealkylation sites (N-methyl/N-ethyl adjacent to an activating group) is 1. The van der Waals surface area contributed by atoms with Crippen molar-refractivity contribution in [3.8, 4) is 0 Å². The Bertz CT molecular complexity index is 637. The molecule has 0 saturated heterocycles. The molecule has 7 heteroatoms. The van der Waals surface area contributed by atoms with Crippen molar-refractivity contribution in [3.05, 3.63) is 35.4 Å². The van der Waals surface area contributed by atoms with Gasteiger partial charge in [-0.3, -0.25) is 0 Å². The van der Waals surface area contributed by atoms with Gasteiger partial charge in [0.25, 0.3) is 0 Å². The zero-order valence-corrected chi connectivity index (χ0v) is 12.8. The fraction of sp³-hybridized carbons (Fsp3) is 0.357. The zero-order valence-electron chi connectivity index (χ0n) is 12.0. The molecule has 21 heavy (non-hydrogen) atoms. The highest BCUT2D eigenvalue weighted by Crippen LogP contribution is 2.22. The van der Waals surface area contributed by atoms with E-state index in [1.165, 1.54) is 16.4 Å². The minimum absolute atomic E-state index is 0.0213. The maximum Gasteiger partial charge on any atom is 0.328 e. The van der Waals surface area contributed by atoms with Crippen LogP contribution in [0.4, 0.5) is 0 Å². The predicted molar refractivity (Wildman–Crippen MR) is 79.4 cm³/mol. The van der Waals surface area contributed by atoms with E-state index in [1.807, 2.05) is 0 Å². The lowest BCUT2D eigenvalue weighted by atomic mass is 10.1. The van der Waals surface area contributed by atoms with Crippen LogP contribution >= 0.6 is 0 Å². The van der Waals surface area contributed by atoms with Crippen molar-refractivity contribution < 1.29 is 23.4 Å². The number of hydrogen-bond donors (Lipinski definition) is 2. The lowest BCUT2D eigenvalue weighted by molar-refractivity contribution is -0.131. The van der Waals surface area contributed by atoms with Gasteiger partial charge in [0.1, 0.15) is 0 Å². The second-order valence-corrected chi connectivity index (χ2v) is 6.32. The van der Waals surface area contributed by atoms with E-state index in [1.54, 1.807) is 26.0 Å². The molecule has 0 heterocycles. The van der Waals surface area contributed by atoms with Crippen molar-refractivity contribution in [1.29, 1.82) is 0 Å². The second-order valence-electron chi connectivity index (χ2n) is 4.42. The first-order valence-corrected chi connectivity index (χ1v) is 7.89. The average Bonchev–Trinajstić information content (AvgIpc) is 2.43. The summed E-state index contributed by atoms with van der Waals surface area (Å²) in [7, 11) is -3.71. The molecule has 0 aliphatic rings. The van der Waals surface area contributed by atoms with Crippen molar-refractivity contribution in [2.75, 3.05) is 19.7 Å². The summed E-state index contributed by atoms with van der Waals surface area (Å²) in [5, 5.41) is 17.6. The Morgan fingerprint density at radius 1 is 1.38 bits per heavy atom. The molecular weight excluding hydrogens is 294 g/mol. The fourth-order valence-corrected chi connectivity index (χ4v) is 3.56. The molecule has 6 nitrogen and oxygen atoms in total. The molecule has 0 radical (unpaired) electrons. The van der Waals surface area contributed by atoms with Crippen LogP contribution in [0.25, 0.3) is 6.08 Å². The lowest BCUT2D eigenvalue weighted by Gasteiger charge is -2.20. The van der Waals surface area contributed by atoms with Gasteiger partial charge in [-0.15, -0.1) is 0 Å². The zero-order chi connectivity index (χ0) is 16.0. The van der Waals surface area contributed by atoms with E-state index in [0.29, 0.717) is 11.1 Å². The van der Waals surface area contributed by atoms with E-state index >= 15 is 0 Å². The Morgan fingerprint density at radius 2 is 2.05 bits per heavy atom. The average molecular weight is 313 g/mol. The van der Waals surface area contributed by atoms with Crippen molar-refractivity contribution in [2.24, 2.45) is 0 Å². The van der Waals surface area contributed by atoms with Gasteiger partial charge in [-0.1, -0.05) is 19.1 Å². The highest BCUT2D eigenvalue weighted by molar-refractivity contribution is 7.89. The monoisotopic (exact) mass is 313 g/mol. The first kappa shape index (κ1) is 17.4. The molecule has 0 aromatic heterocycles. The van der Waals surface area contributed by atoms with E-state index in [-0.39, 0.29) is 24.6 Å². The third-order valence-corrected chi connectivity index (χ3v) is 5.07. The predicted octanol–water partition coefficient (Wildman–Crippen LogP) is 1.10. The molecule has 1 rings (SSSR count). The largest absolute Gasteiger partial charge is 0.478 e. The molecule has 0 spiro atoms. The van der Waals surface area contributed by atoms with E-state index in [9.17, 15) is 13.2 Å². The topological polar surface area (TPSA) is 94.9 Å². The molecule has 0 unspecified atom stereocenters. The number of aliphatic hydroxyl groups is 1. The SMILES string of the molecule is CCN(CCO)S(=O)(=O)c1cc(C=CC(=O)O)ccc1C. The second kappa shape index (κ2) is 7.35. The van der Waals surface area contributed by atoms with Crippen LogP contribution in [0.2, 0.25) is 0 Å². The van der Waals surface area contributed by atoms with E-state index < -0.39 is 16.0 Å². The van der Waals surface area contributed by atoms with Gasteiger partial charge in [-0.25, -0.2) is 13.2 Å². The Morgan fingerprint density at radius 3 is 2.57 bits per heavy atom. The molecule has 0 bridgehead atoms. The van der Waals surface area contributed by atoms with Crippen molar-refractivity contribution in [3.63, 3.8) is 0 Å². The number of hydrogen-bond acceptors (Lipinski definition) is 4. The van der Waals surface area contributed by atoms with Gasteiger partial charge in [0.2, 0.25) is 10.0 Å². The number of aliphatic hydroxyl groups excluding tert-OH is 1. The van der Waals surface area contributed by atoms with Crippen LogP contribution in [-0.2, 0) is 14.8 Å². The molecule has 0 amide bonds. The Hall–Kier alpha value is -1.70. The number of carboxylic acid groups (broad SMARTS) is 1. The summed E-state index contributed by atoms with van der Waals surface area (Å²) in [4.78, 5) is 10.6. The summed E-state index contributed by atoms with van der Waals surface area (Å²) in [6, 6.07) is 4.71. The normalized spacial score (nSPS) is 12.2. The third kappa shape index (κ3) is 4.38. The summed E-state index contributed by atoms with van der Waals surface area (Å²) in [5.74, 6) is -1.10. The van der Waals surface area contributed by atoms with Gasteiger partial charge in [0.05, 0.1) is 11.5 Å². The van der Waals surface area contributed by atoms with Gasteiger partial charge in [-0.05, 0) is 30.2 Å². The standard InChI is InChI=1S/C14H19NO5S/c1-3-15(8-9-16)21(19,20)13-10-12(5-4-11(13)2)6-7-14(17)18/h4-7,10,16H,3,8-9H2,1-2H3,(H,17,18). The van der Waals surface area contributed by atoms with Gasteiger partial charge in [-0.2, -0.15) is 4.31 Å². The number of carbonyl (C=O) groups is 1. The minimum atomic E-state index is -3.71. The highest BCUT2D eigenvalue weighted by Gasteiger charge is 2.24. The molecular formula is C14H19NO5S. The summed E-state index contributed by atoms with van der Waals surface area (Å²) in [5.41, 5.74) is 1.06. The van der Waals surface area contributed by atoms with Gasteiger partial charge < -0.3 is 10.2 Å². The van der Waals surface area contributed by atoms with Crippen molar-refractivity contribution >= 4 is 22.1 Å². The van der Waals surface area contributed by atoms with Crippen molar-refractivity contribution in [2.45, 2.75) is 18.7 Å². The van der Waals surface area contributed by atoms with Crippen LogP contribution in [0, 0.1) is 6.92 Å². The van der Waals surface area contributed by atoms with E-state index in [2.05, 4.69) is 0 Å². The number of rotatable bonds is 7. The molecule has 1 aromatic carbocycles. The molecule has 0 aliphatic heterocycles.